The molecule has 1 atom stereocenters. The van der Waals surface area contributed by atoms with E-state index in [2.05, 4.69) is 0 Å². The van der Waals surface area contributed by atoms with Gasteiger partial charge >= 0.3 is 5.97 Å². The average Bonchev–Trinajstić information content (AvgIpc) is 2.30. The standard InChI is InChI=1S/C13H16O3/c1-3-16-13(15)12(14)9-10(2)11-7-5-4-6-8-11/h4-9,12,14H,3H2,1-2H3/b10-9+/t12-/m1/s1. The van der Waals surface area contributed by atoms with Gasteiger partial charge in [-0.25, -0.2) is 4.79 Å². The Kier molecular flexibility index (Phi) is 4.73. The van der Waals surface area contributed by atoms with Gasteiger partial charge in [0.25, 0.3) is 0 Å². The maximum absolute atomic E-state index is 11.2. The number of hydrogen-bond donors (Lipinski definition) is 1. The first-order valence-corrected chi connectivity index (χ1v) is 5.23. The quantitative estimate of drug-likeness (QED) is 0.789. The van der Waals surface area contributed by atoms with Gasteiger partial charge in [-0.15, -0.1) is 0 Å². The van der Waals surface area contributed by atoms with Gasteiger partial charge in [0.1, 0.15) is 0 Å². The van der Waals surface area contributed by atoms with Crippen LogP contribution in [0.4, 0.5) is 0 Å². The molecule has 0 saturated carbocycles. The van der Waals surface area contributed by atoms with Crippen molar-refractivity contribution in [3.8, 4) is 0 Å². The van der Waals surface area contributed by atoms with Crippen LogP contribution < -0.4 is 0 Å². The van der Waals surface area contributed by atoms with Gasteiger partial charge in [-0.05, 0) is 31.1 Å². The molecule has 0 aromatic heterocycles. The third-order valence-electron chi connectivity index (χ3n) is 2.17. The Morgan fingerprint density at radius 2 is 2.06 bits per heavy atom. The number of carbonyl (C=O) groups excluding carboxylic acids is 1. The van der Waals surface area contributed by atoms with Crippen LogP contribution in [0.3, 0.4) is 0 Å². The molecule has 3 nitrogen and oxygen atoms in total. The molecule has 0 aliphatic carbocycles. The summed E-state index contributed by atoms with van der Waals surface area (Å²) >= 11 is 0. The van der Waals surface area contributed by atoms with Crippen molar-refractivity contribution in [2.24, 2.45) is 0 Å². The fraction of sp³-hybridized carbons (Fsp3) is 0.308. The SMILES string of the molecule is CCOC(=O)[C@H](O)/C=C(\C)c1ccccc1. The van der Waals surface area contributed by atoms with Gasteiger partial charge in [0.15, 0.2) is 6.10 Å². The monoisotopic (exact) mass is 220 g/mol. The molecule has 16 heavy (non-hydrogen) atoms. The number of rotatable bonds is 4. The molecule has 0 bridgehead atoms. The topological polar surface area (TPSA) is 46.5 Å². The highest BCUT2D eigenvalue weighted by molar-refractivity contribution is 5.79. The largest absolute Gasteiger partial charge is 0.464 e. The average molecular weight is 220 g/mol. The van der Waals surface area contributed by atoms with Gasteiger partial charge in [0.05, 0.1) is 6.61 Å². The van der Waals surface area contributed by atoms with Gasteiger partial charge in [-0.1, -0.05) is 30.3 Å². The third kappa shape index (κ3) is 3.51. The molecule has 0 amide bonds. The van der Waals surface area contributed by atoms with Gasteiger partial charge in [-0.3, -0.25) is 0 Å². The highest BCUT2D eigenvalue weighted by Gasteiger charge is 2.13. The Bertz CT molecular complexity index is 368. The number of benzene rings is 1. The van der Waals surface area contributed by atoms with Crippen LogP contribution in [-0.4, -0.2) is 23.8 Å². The summed E-state index contributed by atoms with van der Waals surface area (Å²) in [4.78, 5) is 11.2. The molecule has 86 valence electrons. The fourth-order valence-electron chi connectivity index (χ4n) is 1.33. The van der Waals surface area contributed by atoms with E-state index < -0.39 is 12.1 Å². The summed E-state index contributed by atoms with van der Waals surface area (Å²) in [5, 5.41) is 9.53. The van der Waals surface area contributed by atoms with E-state index in [0.29, 0.717) is 0 Å². The highest BCUT2D eigenvalue weighted by atomic mass is 16.5. The van der Waals surface area contributed by atoms with E-state index in [1.54, 1.807) is 6.92 Å². The highest BCUT2D eigenvalue weighted by Crippen LogP contribution is 2.13. The van der Waals surface area contributed by atoms with Crippen molar-refractivity contribution in [1.82, 2.24) is 0 Å². The normalized spacial score (nSPS) is 13.3. The summed E-state index contributed by atoms with van der Waals surface area (Å²) in [6.07, 6.45) is 0.299. The lowest BCUT2D eigenvalue weighted by Gasteiger charge is -2.07. The lowest BCUT2D eigenvalue weighted by atomic mass is 10.1. The van der Waals surface area contributed by atoms with Crippen LogP contribution in [-0.2, 0) is 9.53 Å². The lowest BCUT2D eigenvalue weighted by molar-refractivity contribution is -0.150. The van der Waals surface area contributed by atoms with Gasteiger partial charge in [0, 0.05) is 0 Å². The molecule has 3 heteroatoms. The number of ether oxygens (including phenoxy) is 1. The molecule has 0 radical (unpaired) electrons. The molecule has 0 saturated heterocycles. The molecule has 0 spiro atoms. The van der Waals surface area contributed by atoms with Crippen LogP contribution in [0.25, 0.3) is 5.57 Å². The smallest absolute Gasteiger partial charge is 0.339 e. The first kappa shape index (κ1) is 12.5. The van der Waals surface area contributed by atoms with Crippen molar-refractivity contribution in [2.75, 3.05) is 6.61 Å². The lowest BCUT2D eigenvalue weighted by Crippen LogP contribution is -2.20. The molecule has 1 aromatic rings. The van der Waals surface area contributed by atoms with Crippen molar-refractivity contribution < 1.29 is 14.6 Å². The van der Waals surface area contributed by atoms with Crippen LogP contribution in [0, 0.1) is 0 Å². The number of aliphatic hydroxyl groups excluding tert-OH is 1. The Morgan fingerprint density at radius 3 is 2.62 bits per heavy atom. The van der Waals surface area contributed by atoms with Crippen molar-refractivity contribution in [1.29, 1.82) is 0 Å². The zero-order valence-electron chi connectivity index (χ0n) is 9.51. The molecule has 1 rings (SSSR count). The summed E-state index contributed by atoms with van der Waals surface area (Å²) in [6, 6.07) is 9.57. The number of hydrogen-bond acceptors (Lipinski definition) is 3. The Labute approximate surface area is 95.4 Å². The molecular weight excluding hydrogens is 204 g/mol. The van der Waals surface area contributed by atoms with Crippen molar-refractivity contribution in [3.63, 3.8) is 0 Å². The fourth-order valence-corrected chi connectivity index (χ4v) is 1.33. The summed E-state index contributed by atoms with van der Waals surface area (Å²) in [5.41, 5.74) is 1.83. The second-order valence-electron chi connectivity index (χ2n) is 3.41. The second kappa shape index (κ2) is 6.08. The Hall–Kier alpha value is -1.61. The molecule has 1 aromatic carbocycles. The molecular formula is C13H16O3. The molecule has 0 unspecified atom stereocenters. The summed E-state index contributed by atoms with van der Waals surface area (Å²) in [6.45, 7) is 3.82. The van der Waals surface area contributed by atoms with E-state index >= 15 is 0 Å². The first-order chi connectivity index (χ1) is 7.65. The summed E-state index contributed by atoms with van der Waals surface area (Å²) in [5.74, 6) is -0.613. The van der Waals surface area contributed by atoms with Crippen LogP contribution in [0.15, 0.2) is 36.4 Å². The van der Waals surface area contributed by atoms with E-state index in [1.807, 2.05) is 37.3 Å². The predicted octanol–water partition coefficient (Wildman–Crippen LogP) is 2.01. The number of carbonyl (C=O) groups is 1. The number of esters is 1. The maximum Gasteiger partial charge on any atom is 0.339 e. The zero-order chi connectivity index (χ0) is 12.0. The number of aliphatic hydroxyl groups is 1. The third-order valence-corrected chi connectivity index (χ3v) is 2.17. The molecule has 0 aliphatic heterocycles. The van der Waals surface area contributed by atoms with Gasteiger partial charge < -0.3 is 9.84 Å². The molecule has 0 heterocycles. The van der Waals surface area contributed by atoms with E-state index in [1.165, 1.54) is 6.08 Å². The maximum atomic E-state index is 11.2. The second-order valence-corrected chi connectivity index (χ2v) is 3.41. The first-order valence-electron chi connectivity index (χ1n) is 5.23. The van der Waals surface area contributed by atoms with E-state index in [9.17, 15) is 9.90 Å². The number of allylic oxidation sites excluding steroid dienone is 1. The van der Waals surface area contributed by atoms with Gasteiger partial charge in [0.2, 0.25) is 0 Å². The van der Waals surface area contributed by atoms with Crippen molar-refractivity contribution >= 4 is 11.5 Å². The Balaban J connectivity index is 2.73. The predicted molar refractivity (Wildman–Crippen MR) is 62.7 cm³/mol. The van der Waals surface area contributed by atoms with Crippen LogP contribution >= 0.6 is 0 Å². The van der Waals surface area contributed by atoms with Crippen LogP contribution in [0.2, 0.25) is 0 Å². The van der Waals surface area contributed by atoms with E-state index in [-0.39, 0.29) is 6.61 Å². The summed E-state index contributed by atoms with van der Waals surface area (Å²) < 4.78 is 4.71. The van der Waals surface area contributed by atoms with Crippen LogP contribution in [0.5, 0.6) is 0 Å². The minimum Gasteiger partial charge on any atom is -0.464 e. The van der Waals surface area contributed by atoms with Crippen LogP contribution in [0.1, 0.15) is 19.4 Å². The minimum absolute atomic E-state index is 0.272. The summed E-state index contributed by atoms with van der Waals surface area (Å²) in [7, 11) is 0. The Morgan fingerprint density at radius 1 is 1.44 bits per heavy atom. The van der Waals surface area contributed by atoms with E-state index in [0.717, 1.165) is 11.1 Å². The zero-order valence-corrected chi connectivity index (χ0v) is 9.51. The van der Waals surface area contributed by atoms with Gasteiger partial charge in [-0.2, -0.15) is 0 Å². The minimum atomic E-state index is -1.19. The van der Waals surface area contributed by atoms with Crippen molar-refractivity contribution in [2.45, 2.75) is 20.0 Å². The molecule has 0 fully saturated rings. The molecule has 1 N–H and O–H groups in total. The molecule has 0 aliphatic rings. The van der Waals surface area contributed by atoms with E-state index in [4.69, 9.17) is 4.74 Å². The van der Waals surface area contributed by atoms with Crippen molar-refractivity contribution in [3.05, 3.63) is 42.0 Å².